The number of nitrogens with two attached hydrogens (primary N) is 1. The Bertz CT molecular complexity index is 491. The summed E-state index contributed by atoms with van der Waals surface area (Å²) in [5.74, 6) is -0.562. The molecule has 0 aliphatic carbocycles. The SMILES string of the molecule is CC(C)n1cccc1C(=O)NCCS(N)(=O)=O. The van der Waals surface area contributed by atoms with Gasteiger partial charge in [0.2, 0.25) is 10.0 Å². The normalized spacial score (nSPS) is 11.8. The molecule has 0 saturated carbocycles. The van der Waals surface area contributed by atoms with E-state index in [4.69, 9.17) is 5.14 Å². The van der Waals surface area contributed by atoms with Gasteiger partial charge in [0.05, 0.1) is 5.75 Å². The maximum absolute atomic E-state index is 11.7. The zero-order valence-electron chi connectivity index (χ0n) is 9.88. The van der Waals surface area contributed by atoms with Crippen molar-refractivity contribution >= 4 is 15.9 Å². The molecule has 0 radical (unpaired) electrons. The van der Waals surface area contributed by atoms with Crippen molar-refractivity contribution in [2.75, 3.05) is 12.3 Å². The molecule has 1 aromatic heterocycles. The lowest BCUT2D eigenvalue weighted by atomic mass is 10.3. The molecule has 0 bridgehead atoms. The molecule has 6 nitrogen and oxygen atoms in total. The van der Waals surface area contributed by atoms with Crippen molar-refractivity contribution in [2.24, 2.45) is 5.14 Å². The van der Waals surface area contributed by atoms with E-state index in [0.717, 1.165) is 0 Å². The van der Waals surface area contributed by atoms with E-state index in [-0.39, 0.29) is 24.2 Å². The van der Waals surface area contributed by atoms with Gasteiger partial charge in [0.1, 0.15) is 5.69 Å². The van der Waals surface area contributed by atoms with E-state index in [0.29, 0.717) is 5.69 Å². The van der Waals surface area contributed by atoms with Crippen molar-refractivity contribution in [1.29, 1.82) is 0 Å². The van der Waals surface area contributed by atoms with E-state index >= 15 is 0 Å². The molecule has 1 aromatic rings. The maximum Gasteiger partial charge on any atom is 0.267 e. The van der Waals surface area contributed by atoms with Crippen LogP contribution in [-0.2, 0) is 10.0 Å². The highest BCUT2D eigenvalue weighted by atomic mass is 32.2. The molecule has 1 amide bonds. The van der Waals surface area contributed by atoms with Crippen molar-refractivity contribution in [2.45, 2.75) is 19.9 Å². The Morgan fingerprint density at radius 2 is 2.18 bits per heavy atom. The lowest BCUT2D eigenvalue weighted by molar-refractivity contribution is 0.0945. The minimum absolute atomic E-state index is 0.0148. The highest BCUT2D eigenvalue weighted by Crippen LogP contribution is 2.10. The lowest BCUT2D eigenvalue weighted by Crippen LogP contribution is -2.32. The summed E-state index contributed by atoms with van der Waals surface area (Å²) < 4.78 is 23.2. The van der Waals surface area contributed by atoms with Gasteiger partial charge >= 0.3 is 0 Å². The molecule has 1 heterocycles. The molecule has 0 aromatic carbocycles. The summed E-state index contributed by atoms with van der Waals surface area (Å²) in [4.78, 5) is 11.7. The molecular formula is C10H17N3O3S. The molecule has 1 rings (SSSR count). The van der Waals surface area contributed by atoms with Gasteiger partial charge in [-0.15, -0.1) is 0 Å². The summed E-state index contributed by atoms with van der Waals surface area (Å²) in [5, 5.41) is 7.35. The molecule has 0 unspecified atom stereocenters. The fourth-order valence-electron chi connectivity index (χ4n) is 1.43. The first kappa shape index (κ1) is 13.7. The number of hydrogen-bond donors (Lipinski definition) is 2. The van der Waals surface area contributed by atoms with Gasteiger partial charge in [-0.3, -0.25) is 4.79 Å². The lowest BCUT2D eigenvalue weighted by Gasteiger charge is -2.12. The van der Waals surface area contributed by atoms with Crippen LogP contribution in [0.3, 0.4) is 0 Å². The molecule has 0 saturated heterocycles. The summed E-state index contributed by atoms with van der Waals surface area (Å²) in [6, 6.07) is 3.63. The van der Waals surface area contributed by atoms with E-state index in [1.54, 1.807) is 18.3 Å². The van der Waals surface area contributed by atoms with Crippen molar-refractivity contribution in [3.63, 3.8) is 0 Å². The second-order valence-corrected chi connectivity index (χ2v) is 5.75. The van der Waals surface area contributed by atoms with Crippen molar-refractivity contribution < 1.29 is 13.2 Å². The number of hydrogen-bond acceptors (Lipinski definition) is 3. The summed E-state index contributed by atoms with van der Waals surface area (Å²) in [5.41, 5.74) is 0.509. The van der Waals surface area contributed by atoms with Crippen LogP contribution in [0.15, 0.2) is 18.3 Å². The van der Waals surface area contributed by atoms with Gasteiger partial charge in [-0.05, 0) is 26.0 Å². The van der Waals surface area contributed by atoms with Crippen LogP contribution in [0.1, 0.15) is 30.4 Å². The number of rotatable bonds is 5. The number of carbonyl (C=O) groups excluding carboxylic acids is 1. The Morgan fingerprint density at radius 1 is 1.53 bits per heavy atom. The first-order chi connectivity index (χ1) is 7.81. The summed E-state index contributed by atoms with van der Waals surface area (Å²) in [6.07, 6.45) is 1.80. The fraction of sp³-hybridized carbons (Fsp3) is 0.500. The maximum atomic E-state index is 11.7. The van der Waals surface area contributed by atoms with E-state index in [1.807, 2.05) is 18.4 Å². The van der Waals surface area contributed by atoms with E-state index in [9.17, 15) is 13.2 Å². The van der Waals surface area contributed by atoms with Gasteiger partial charge in [0.25, 0.3) is 5.91 Å². The smallest absolute Gasteiger partial charge is 0.267 e. The van der Waals surface area contributed by atoms with Crippen LogP contribution in [0.5, 0.6) is 0 Å². The zero-order valence-corrected chi connectivity index (χ0v) is 10.7. The molecule has 96 valence electrons. The van der Waals surface area contributed by atoms with Gasteiger partial charge in [-0.1, -0.05) is 0 Å². The Balaban J connectivity index is 2.62. The molecule has 0 spiro atoms. The Labute approximate surface area is 101 Å². The Morgan fingerprint density at radius 3 is 2.71 bits per heavy atom. The number of carbonyl (C=O) groups is 1. The van der Waals surface area contributed by atoms with Crippen LogP contribution in [0.2, 0.25) is 0 Å². The first-order valence-corrected chi connectivity index (χ1v) is 6.98. The van der Waals surface area contributed by atoms with Crippen LogP contribution >= 0.6 is 0 Å². The standard InChI is InChI=1S/C10H17N3O3S/c1-8(2)13-6-3-4-9(13)10(14)12-5-7-17(11,15)16/h3-4,6,8H,5,7H2,1-2H3,(H,12,14)(H2,11,15,16). The monoisotopic (exact) mass is 259 g/mol. The average Bonchev–Trinajstić information content (AvgIpc) is 2.63. The third kappa shape index (κ3) is 4.20. The second-order valence-electron chi connectivity index (χ2n) is 4.02. The van der Waals surface area contributed by atoms with Gasteiger partial charge in [-0.2, -0.15) is 0 Å². The van der Waals surface area contributed by atoms with Gasteiger partial charge < -0.3 is 9.88 Å². The molecule has 0 aliphatic heterocycles. The third-order valence-electron chi connectivity index (χ3n) is 2.24. The van der Waals surface area contributed by atoms with E-state index < -0.39 is 10.0 Å². The third-order valence-corrected chi connectivity index (χ3v) is 3.01. The van der Waals surface area contributed by atoms with Crippen LogP contribution in [0.25, 0.3) is 0 Å². The largest absolute Gasteiger partial charge is 0.350 e. The summed E-state index contributed by atoms with van der Waals surface area (Å²) >= 11 is 0. The summed E-state index contributed by atoms with van der Waals surface area (Å²) in [6.45, 7) is 3.93. The van der Waals surface area contributed by atoms with Crippen molar-refractivity contribution in [1.82, 2.24) is 9.88 Å². The molecule has 17 heavy (non-hydrogen) atoms. The number of amides is 1. The molecule has 0 atom stereocenters. The highest BCUT2D eigenvalue weighted by molar-refractivity contribution is 7.89. The highest BCUT2D eigenvalue weighted by Gasteiger charge is 2.12. The number of nitrogens with one attached hydrogen (secondary N) is 1. The van der Waals surface area contributed by atoms with Gasteiger partial charge in [0.15, 0.2) is 0 Å². The minimum atomic E-state index is -3.54. The minimum Gasteiger partial charge on any atom is -0.350 e. The molecule has 0 fully saturated rings. The predicted molar refractivity (Wildman–Crippen MR) is 65.1 cm³/mol. The van der Waals surface area contributed by atoms with E-state index in [2.05, 4.69) is 5.32 Å². The Kier molecular flexibility index (Phi) is 4.30. The average molecular weight is 259 g/mol. The molecule has 0 aliphatic rings. The molecule has 3 N–H and O–H groups in total. The van der Waals surface area contributed by atoms with Gasteiger partial charge in [0, 0.05) is 18.8 Å². The Hall–Kier alpha value is -1.34. The van der Waals surface area contributed by atoms with Crippen molar-refractivity contribution in [3.05, 3.63) is 24.0 Å². The van der Waals surface area contributed by atoms with Crippen LogP contribution in [0, 0.1) is 0 Å². The first-order valence-electron chi connectivity index (χ1n) is 5.27. The second kappa shape index (κ2) is 5.33. The fourth-order valence-corrected chi connectivity index (χ4v) is 1.82. The van der Waals surface area contributed by atoms with Crippen LogP contribution in [-0.4, -0.2) is 31.2 Å². The number of sulfonamides is 1. The van der Waals surface area contributed by atoms with Crippen LogP contribution < -0.4 is 10.5 Å². The van der Waals surface area contributed by atoms with Crippen LogP contribution in [0.4, 0.5) is 0 Å². The quantitative estimate of drug-likeness (QED) is 0.784. The number of primary sulfonamides is 1. The number of aromatic nitrogens is 1. The number of nitrogens with zero attached hydrogens (tertiary/aromatic N) is 1. The summed E-state index contributed by atoms with van der Waals surface area (Å²) in [7, 11) is -3.54. The molecule has 7 heteroatoms. The topological polar surface area (TPSA) is 94.2 Å². The van der Waals surface area contributed by atoms with Crippen molar-refractivity contribution in [3.8, 4) is 0 Å². The molecular weight excluding hydrogens is 242 g/mol. The van der Waals surface area contributed by atoms with Gasteiger partial charge in [-0.25, -0.2) is 13.6 Å². The predicted octanol–water partition coefficient (Wildman–Crippen LogP) is 0.0873. The van der Waals surface area contributed by atoms with E-state index in [1.165, 1.54) is 0 Å². The zero-order chi connectivity index (χ0) is 13.1.